The summed E-state index contributed by atoms with van der Waals surface area (Å²) in [6, 6.07) is 16.8. The van der Waals surface area contributed by atoms with Gasteiger partial charge in [-0.05, 0) is 55.4 Å². The first-order valence-electron chi connectivity index (χ1n) is 19.7. The number of para-hydroxylation sites is 1. The molecule has 17 nitrogen and oxygen atoms in total. The SMILES string of the molecule is C[C@@H](O)[C@H](NC(=O)[C@@H](N)Cc1c[nH]c2ccccc12)C(=O)N[C@@H](Cc1ccccc1)C(=O)N[C@@H](CCC(=O)O)C(=O)N1CCC[C@H]1C(=O)N[C@@H](Cc1ccccc1)C(=O)O. The van der Waals surface area contributed by atoms with Crippen LogP contribution in [0.3, 0.4) is 0 Å². The second kappa shape index (κ2) is 20.9. The Morgan fingerprint density at radius 1 is 0.750 bits per heavy atom. The zero-order valence-electron chi connectivity index (χ0n) is 33.1. The van der Waals surface area contributed by atoms with Crippen LogP contribution >= 0.6 is 0 Å². The number of likely N-dealkylation sites (tertiary alicyclic amines) is 1. The van der Waals surface area contributed by atoms with Crippen molar-refractivity contribution in [2.45, 2.75) is 94.2 Å². The van der Waals surface area contributed by atoms with Gasteiger partial charge < -0.3 is 52.2 Å². The number of nitrogens with one attached hydrogen (secondary N) is 5. The van der Waals surface area contributed by atoms with Gasteiger partial charge in [0.2, 0.25) is 29.5 Å². The molecule has 5 rings (SSSR count). The fourth-order valence-corrected chi connectivity index (χ4v) is 7.23. The Labute approximate surface area is 346 Å². The van der Waals surface area contributed by atoms with Crippen LogP contribution < -0.4 is 27.0 Å². The molecular weight excluding hydrogens is 775 g/mol. The Morgan fingerprint density at radius 2 is 1.35 bits per heavy atom. The Hall–Kier alpha value is -6.59. The van der Waals surface area contributed by atoms with Crippen LogP contribution in [-0.2, 0) is 52.8 Å². The average molecular weight is 826 g/mol. The van der Waals surface area contributed by atoms with E-state index in [1.165, 1.54) is 11.8 Å². The number of nitrogens with two attached hydrogens (primary N) is 1. The van der Waals surface area contributed by atoms with Gasteiger partial charge >= 0.3 is 11.9 Å². The molecule has 10 N–H and O–H groups in total. The van der Waals surface area contributed by atoms with Crippen LogP contribution in [0.2, 0.25) is 0 Å². The van der Waals surface area contributed by atoms with E-state index in [2.05, 4.69) is 26.3 Å². The Bertz CT molecular complexity index is 2140. The molecule has 0 unspecified atom stereocenters. The molecule has 1 saturated heterocycles. The summed E-state index contributed by atoms with van der Waals surface area (Å²) < 4.78 is 0. The lowest BCUT2D eigenvalue weighted by atomic mass is 10.0. The van der Waals surface area contributed by atoms with Gasteiger partial charge in [-0.1, -0.05) is 78.9 Å². The zero-order valence-corrected chi connectivity index (χ0v) is 33.1. The standard InChI is InChI=1S/C43H51N7O10/c1-25(51)37(49-38(54)30(44)23-28-24-45-31-16-9-8-15-29(28)31)41(57)47-33(21-26-11-4-2-5-12-26)39(55)46-32(18-19-36(52)53)42(58)50-20-10-17-35(50)40(56)48-34(43(59)60)22-27-13-6-3-7-14-27/h2-9,11-16,24-25,30,32-35,37,45,51H,10,17-23,44H2,1H3,(H,46,55)(H,47,57)(H,48,56)(H,49,54)(H,52,53)(H,59,60)/t25-,30+,32+,33+,34+,35+,37+/m1/s1. The highest BCUT2D eigenvalue weighted by Gasteiger charge is 2.40. The van der Waals surface area contributed by atoms with Gasteiger partial charge in [-0.25, -0.2) is 4.79 Å². The molecule has 318 valence electrons. The fourth-order valence-electron chi connectivity index (χ4n) is 7.23. The van der Waals surface area contributed by atoms with Gasteiger partial charge in [0.15, 0.2) is 0 Å². The number of carboxylic acids is 2. The Balaban J connectivity index is 1.31. The van der Waals surface area contributed by atoms with Gasteiger partial charge in [-0.2, -0.15) is 0 Å². The van der Waals surface area contributed by atoms with E-state index in [9.17, 15) is 48.9 Å². The van der Waals surface area contributed by atoms with Gasteiger partial charge in [-0.3, -0.25) is 28.8 Å². The van der Waals surface area contributed by atoms with Crippen LogP contribution in [0.5, 0.6) is 0 Å². The molecule has 1 aliphatic rings. The number of aliphatic hydroxyl groups excluding tert-OH is 1. The minimum Gasteiger partial charge on any atom is -0.481 e. The molecule has 0 radical (unpaired) electrons. The van der Waals surface area contributed by atoms with Crippen LogP contribution in [0.25, 0.3) is 10.9 Å². The van der Waals surface area contributed by atoms with Crippen molar-refractivity contribution in [3.8, 4) is 0 Å². The minimum atomic E-state index is -1.55. The third-order valence-corrected chi connectivity index (χ3v) is 10.4. The summed E-state index contributed by atoms with van der Waals surface area (Å²) in [7, 11) is 0. The lowest BCUT2D eigenvalue weighted by molar-refractivity contribution is -0.145. The van der Waals surface area contributed by atoms with Crippen molar-refractivity contribution in [1.82, 2.24) is 31.2 Å². The number of carbonyl (C=O) groups is 7. The van der Waals surface area contributed by atoms with E-state index in [-0.39, 0.29) is 38.6 Å². The number of hydrogen-bond donors (Lipinski definition) is 9. The summed E-state index contributed by atoms with van der Waals surface area (Å²) in [5.41, 5.74) is 9.14. The lowest BCUT2D eigenvalue weighted by Gasteiger charge is -2.31. The molecule has 5 amide bonds. The number of hydrogen-bond acceptors (Lipinski definition) is 9. The molecule has 17 heteroatoms. The molecule has 0 bridgehead atoms. The first-order valence-corrected chi connectivity index (χ1v) is 19.7. The van der Waals surface area contributed by atoms with E-state index < -0.39 is 90.3 Å². The molecule has 1 fully saturated rings. The molecular formula is C43H51N7O10. The molecule has 4 aromatic rings. The van der Waals surface area contributed by atoms with Gasteiger partial charge in [-0.15, -0.1) is 0 Å². The summed E-state index contributed by atoms with van der Waals surface area (Å²) >= 11 is 0. The van der Waals surface area contributed by atoms with E-state index in [1.807, 2.05) is 24.3 Å². The molecule has 7 atom stereocenters. The number of amides is 5. The largest absolute Gasteiger partial charge is 0.481 e. The van der Waals surface area contributed by atoms with Crippen molar-refractivity contribution in [3.63, 3.8) is 0 Å². The molecule has 0 saturated carbocycles. The first-order chi connectivity index (χ1) is 28.7. The summed E-state index contributed by atoms with van der Waals surface area (Å²) in [4.78, 5) is 97.0. The number of aliphatic carboxylic acids is 2. The number of rotatable bonds is 20. The average Bonchev–Trinajstić information content (AvgIpc) is 3.89. The van der Waals surface area contributed by atoms with Gasteiger partial charge in [0.05, 0.1) is 12.1 Å². The predicted octanol–water partition coefficient (Wildman–Crippen LogP) is 0.784. The van der Waals surface area contributed by atoms with Crippen molar-refractivity contribution in [2.75, 3.05) is 6.54 Å². The second-order valence-electron chi connectivity index (χ2n) is 14.9. The number of fused-ring (bicyclic) bond motifs is 1. The van der Waals surface area contributed by atoms with Crippen molar-refractivity contribution < 1.29 is 48.9 Å². The van der Waals surface area contributed by atoms with Crippen molar-refractivity contribution in [1.29, 1.82) is 0 Å². The minimum absolute atomic E-state index is 0.00813. The number of carboxylic acid groups (broad SMARTS) is 2. The van der Waals surface area contributed by atoms with Crippen LogP contribution in [-0.4, -0.2) is 116 Å². The number of H-pyrrole nitrogens is 1. The summed E-state index contributed by atoms with van der Waals surface area (Å²) in [5.74, 6) is -6.54. The van der Waals surface area contributed by atoms with E-state index in [0.717, 1.165) is 16.5 Å². The molecule has 0 aliphatic carbocycles. The maximum Gasteiger partial charge on any atom is 0.326 e. The smallest absolute Gasteiger partial charge is 0.326 e. The third-order valence-electron chi connectivity index (χ3n) is 10.4. The van der Waals surface area contributed by atoms with E-state index in [4.69, 9.17) is 5.73 Å². The number of aromatic nitrogens is 1. The maximum atomic E-state index is 14.1. The predicted molar refractivity (Wildman–Crippen MR) is 219 cm³/mol. The number of aliphatic hydroxyl groups is 1. The number of nitrogens with zero attached hydrogens (tertiary/aromatic N) is 1. The second-order valence-corrected chi connectivity index (χ2v) is 14.9. The van der Waals surface area contributed by atoms with Gasteiger partial charge in [0.1, 0.15) is 30.2 Å². The summed E-state index contributed by atoms with van der Waals surface area (Å²) in [6.45, 7) is 1.36. The van der Waals surface area contributed by atoms with Crippen LogP contribution in [0, 0.1) is 0 Å². The van der Waals surface area contributed by atoms with Crippen molar-refractivity contribution in [3.05, 3.63) is 108 Å². The Morgan fingerprint density at radius 3 is 1.97 bits per heavy atom. The topological polar surface area (TPSA) is 273 Å². The van der Waals surface area contributed by atoms with E-state index in [1.54, 1.807) is 66.9 Å². The highest BCUT2D eigenvalue weighted by Crippen LogP contribution is 2.21. The van der Waals surface area contributed by atoms with E-state index in [0.29, 0.717) is 17.5 Å². The molecule has 3 aromatic carbocycles. The highest BCUT2D eigenvalue weighted by atomic mass is 16.4. The molecule has 2 heterocycles. The third kappa shape index (κ3) is 12.0. The van der Waals surface area contributed by atoms with Crippen molar-refractivity contribution >= 4 is 52.4 Å². The lowest BCUT2D eigenvalue weighted by Crippen LogP contribution is -2.61. The summed E-state index contributed by atoms with van der Waals surface area (Å²) in [6.07, 6.45) is -0.0406. The molecule has 1 aromatic heterocycles. The zero-order chi connectivity index (χ0) is 43.3. The molecule has 0 spiro atoms. The summed E-state index contributed by atoms with van der Waals surface area (Å²) in [5, 5.41) is 41.1. The quantitative estimate of drug-likeness (QED) is 0.0601. The van der Waals surface area contributed by atoms with Crippen molar-refractivity contribution in [2.24, 2.45) is 5.73 Å². The monoisotopic (exact) mass is 825 g/mol. The maximum absolute atomic E-state index is 14.1. The van der Waals surface area contributed by atoms with Crippen LogP contribution in [0.4, 0.5) is 0 Å². The number of benzene rings is 3. The van der Waals surface area contributed by atoms with Gasteiger partial charge in [0, 0.05) is 42.9 Å². The first kappa shape index (κ1) is 44.5. The molecule has 1 aliphatic heterocycles. The molecule has 60 heavy (non-hydrogen) atoms. The van der Waals surface area contributed by atoms with E-state index >= 15 is 0 Å². The Kier molecular flexibility index (Phi) is 15.5. The number of carbonyl (C=O) groups excluding carboxylic acids is 5. The number of aromatic amines is 1. The normalized spacial score (nSPS) is 16.7. The van der Waals surface area contributed by atoms with Gasteiger partial charge in [0.25, 0.3) is 0 Å². The van der Waals surface area contributed by atoms with Crippen LogP contribution in [0.15, 0.2) is 91.1 Å². The fraction of sp³-hybridized carbons (Fsp3) is 0.372. The highest BCUT2D eigenvalue weighted by molar-refractivity contribution is 5.97. The van der Waals surface area contributed by atoms with Crippen LogP contribution in [0.1, 0.15) is 49.3 Å².